The number of ether oxygens (including phenoxy) is 1. The second kappa shape index (κ2) is 6.99. The molecule has 4 heteroatoms. The molecule has 0 rings (SSSR count). The lowest BCUT2D eigenvalue weighted by molar-refractivity contribution is 0.0538. The van der Waals surface area contributed by atoms with Gasteiger partial charge in [-0.15, -0.1) is 11.8 Å². The molecule has 3 nitrogen and oxygen atoms in total. The van der Waals surface area contributed by atoms with Crippen LogP contribution in [0, 0.1) is 5.92 Å². The normalized spacial score (nSPS) is 11.6. The van der Waals surface area contributed by atoms with Crippen molar-refractivity contribution >= 4 is 17.9 Å². The Labute approximate surface area is 97.3 Å². The Morgan fingerprint density at radius 2 is 2.00 bits per heavy atom. The third kappa shape index (κ3) is 11.5. The minimum Gasteiger partial charge on any atom is -0.444 e. The van der Waals surface area contributed by atoms with Gasteiger partial charge in [-0.05, 0) is 38.9 Å². The van der Waals surface area contributed by atoms with E-state index in [1.165, 1.54) is 6.42 Å². The molecule has 0 aromatic carbocycles. The minimum absolute atomic E-state index is 0.334. The van der Waals surface area contributed by atoms with Crippen molar-refractivity contribution in [3.05, 3.63) is 0 Å². The molecule has 0 saturated carbocycles. The highest BCUT2D eigenvalue weighted by Crippen LogP contribution is 2.09. The first kappa shape index (κ1) is 14.6. The van der Waals surface area contributed by atoms with Gasteiger partial charge in [-0.2, -0.15) is 0 Å². The maximum absolute atomic E-state index is 11.2. The molecule has 0 aliphatic rings. The molecular weight excluding hydrogens is 210 g/mol. The van der Waals surface area contributed by atoms with E-state index in [1.54, 1.807) is 11.8 Å². The number of rotatable bonds is 5. The highest BCUT2D eigenvalue weighted by molar-refractivity contribution is 7.99. The minimum atomic E-state index is -0.410. The zero-order valence-corrected chi connectivity index (χ0v) is 11.2. The van der Waals surface area contributed by atoms with E-state index in [0.29, 0.717) is 5.88 Å². The van der Waals surface area contributed by atoms with E-state index < -0.39 is 5.60 Å². The zero-order valence-electron chi connectivity index (χ0n) is 10.4. The maximum Gasteiger partial charge on any atom is 0.408 e. The third-order valence-electron chi connectivity index (χ3n) is 1.56. The van der Waals surface area contributed by atoms with Crippen LogP contribution in [-0.2, 0) is 4.74 Å². The van der Waals surface area contributed by atoms with Crippen LogP contribution in [0.15, 0.2) is 0 Å². The van der Waals surface area contributed by atoms with Crippen LogP contribution in [0.5, 0.6) is 0 Å². The van der Waals surface area contributed by atoms with Crippen LogP contribution < -0.4 is 5.32 Å². The molecule has 0 aromatic rings. The molecule has 1 amide bonds. The molecule has 0 aliphatic carbocycles. The standard InChI is InChI=1S/C11H23NO2S/c1-9(2)6-7-15-8-12-10(13)14-11(3,4)5/h9H,6-8H2,1-5H3,(H,12,13). The SMILES string of the molecule is CC(C)CCSCNC(=O)OC(C)(C)C. The molecule has 0 atom stereocenters. The van der Waals surface area contributed by atoms with Gasteiger partial charge in [0, 0.05) is 0 Å². The van der Waals surface area contributed by atoms with Gasteiger partial charge in [-0.3, -0.25) is 0 Å². The summed E-state index contributed by atoms with van der Waals surface area (Å²) in [6.07, 6.45) is 0.847. The molecule has 0 fully saturated rings. The Kier molecular flexibility index (Phi) is 6.81. The summed E-state index contributed by atoms with van der Waals surface area (Å²) >= 11 is 1.72. The topological polar surface area (TPSA) is 38.3 Å². The van der Waals surface area contributed by atoms with E-state index in [9.17, 15) is 4.79 Å². The smallest absolute Gasteiger partial charge is 0.408 e. The summed E-state index contributed by atoms with van der Waals surface area (Å²) in [6.45, 7) is 9.97. The predicted molar refractivity (Wildman–Crippen MR) is 66.1 cm³/mol. The molecule has 0 unspecified atom stereocenters. The average Bonchev–Trinajstić information content (AvgIpc) is 1.99. The Morgan fingerprint density at radius 1 is 1.40 bits per heavy atom. The number of amides is 1. The fraction of sp³-hybridized carbons (Fsp3) is 0.909. The molecule has 0 aromatic heterocycles. The number of nitrogens with one attached hydrogen (secondary N) is 1. The van der Waals surface area contributed by atoms with Crippen molar-refractivity contribution in [3.63, 3.8) is 0 Å². The Balaban J connectivity index is 3.40. The molecule has 0 heterocycles. The molecule has 15 heavy (non-hydrogen) atoms. The van der Waals surface area contributed by atoms with E-state index in [0.717, 1.165) is 11.7 Å². The maximum atomic E-state index is 11.2. The van der Waals surface area contributed by atoms with Crippen LogP contribution in [0.2, 0.25) is 0 Å². The molecule has 0 radical (unpaired) electrons. The van der Waals surface area contributed by atoms with Gasteiger partial charge in [-0.25, -0.2) is 4.79 Å². The fourth-order valence-electron chi connectivity index (χ4n) is 0.815. The molecule has 0 bridgehead atoms. The van der Waals surface area contributed by atoms with Crippen molar-refractivity contribution < 1.29 is 9.53 Å². The van der Waals surface area contributed by atoms with E-state index in [4.69, 9.17) is 4.74 Å². The van der Waals surface area contributed by atoms with Gasteiger partial charge >= 0.3 is 6.09 Å². The Bertz CT molecular complexity index is 188. The molecular formula is C11H23NO2S. The number of thioether (sulfide) groups is 1. The first-order valence-electron chi connectivity index (χ1n) is 5.36. The number of carbonyl (C=O) groups excluding carboxylic acids is 1. The van der Waals surface area contributed by atoms with Crippen LogP contribution in [-0.4, -0.2) is 23.3 Å². The summed E-state index contributed by atoms with van der Waals surface area (Å²) in [5.41, 5.74) is -0.410. The van der Waals surface area contributed by atoms with E-state index in [-0.39, 0.29) is 6.09 Å². The fourth-order valence-corrected chi connectivity index (χ4v) is 1.82. The monoisotopic (exact) mass is 233 g/mol. The first-order chi connectivity index (χ1) is 6.81. The van der Waals surface area contributed by atoms with Gasteiger partial charge in [0.05, 0.1) is 5.88 Å². The first-order valence-corrected chi connectivity index (χ1v) is 6.51. The number of hydrogen-bond donors (Lipinski definition) is 1. The van der Waals surface area contributed by atoms with Crippen molar-refractivity contribution in [2.24, 2.45) is 5.92 Å². The second-order valence-corrected chi connectivity index (χ2v) is 6.02. The lowest BCUT2D eigenvalue weighted by Crippen LogP contribution is -2.32. The lowest BCUT2D eigenvalue weighted by atomic mass is 10.2. The van der Waals surface area contributed by atoms with Crippen molar-refractivity contribution in [1.29, 1.82) is 0 Å². The van der Waals surface area contributed by atoms with E-state index >= 15 is 0 Å². The molecule has 90 valence electrons. The molecule has 0 aliphatic heterocycles. The van der Waals surface area contributed by atoms with E-state index in [2.05, 4.69) is 19.2 Å². The van der Waals surface area contributed by atoms with Crippen molar-refractivity contribution in [2.75, 3.05) is 11.6 Å². The van der Waals surface area contributed by atoms with E-state index in [1.807, 2.05) is 20.8 Å². The summed E-state index contributed by atoms with van der Waals surface area (Å²) < 4.78 is 5.10. The van der Waals surface area contributed by atoms with Gasteiger partial charge in [0.15, 0.2) is 0 Å². The van der Waals surface area contributed by atoms with Gasteiger partial charge in [0.1, 0.15) is 5.60 Å². The third-order valence-corrected chi connectivity index (χ3v) is 2.43. The molecule has 0 saturated heterocycles. The summed E-state index contributed by atoms with van der Waals surface area (Å²) in [6, 6.07) is 0. The summed E-state index contributed by atoms with van der Waals surface area (Å²) in [5.74, 6) is 2.42. The number of carbonyl (C=O) groups is 1. The van der Waals surface area contributed by atoms with Crippen LogP contribution in [0.4, 0.5) is 4.79 Å². The average molecular weight is 233 g/mol. The number of alkyl carbamates (subject to hydrolysis) is 1. The molecule has 1 N–H and O–H groups in total. The van der Waals surface area contributed by atoms with Gasteiger partial charge in [0.2, 0.25) is 0 Å². The lowest BCUT2D eigenvalue weighted by Gasteiger charge is -2.19. The Morgan fingerprint density at radius 3 is 2.47 bits per heavy atom. The summed E-state index contributed by atoms with van der Waals surface area (Å²) in [4.78, 5) is 11.2. The summed E-state index contributed by atoms with van der Waals surface area (Å²) in [5, 5.41) is 2.71. The number of hydrogen-bond acceptors (Lipinski definition) is 3. The quantitative estimate of drug-likeness (QED) is 0.585. The Hall–Kier alpha value is -0.380. The zero-order chi connectivity index (χ0) is 11.9. The predicted octanol–water partition coefficient (Wildman–Crippen LogP) is 3.25. The highest BCUT2D eigenvalue weighted by atomic mass is 32.2. The second-order valence-electron chi connectivity index (χ2n) is 4.91. The molecule has 0 spiro atoms. The van der Waals surface area contributed by atoms with Crippen LogP contribution in [0.1, 0.15) is 41.0 Å². The van der Waals surface area contributed by atoms with Gasteiger partial charge in [0.25, 0.3) is 0 Å². The van der Waals surface area contributed by atoms with Crippen LogP contribution in [0.25, 0.3) is 0 Å². The van der Waals surface area contributed by atoms with Crippen molar-refractivity contribution in [2.45, 2.75) is 46.6 Å². The largest absolute Gasteiger partial charge is 0.444 e. The van der Waals surface area contributed by atoms with Crippen LogP contribution in [0.3, 0.4) is 0 Å². The van der Waals surface area contributed by atoms with Crippen LogP contribution >= 0.6 is 11.8 Å². The van der Waals surface area contributed by atoms with Crippen molar-refractivity contribution in [3.8, 4) is 0 Å². The highest BCUT2D eigenvalue weighted by Gasteiger charge is 2.15. The van der Waals surface area contributed by atoms with Gasteiger partial charge in [-0.1, -0.05) is 13.8 Å². The summed E-state index contributed by atoms with van der Waals surface area (Å²) in [7, 11) is 0. The van der Waals surface area contributed by atoms with Gasteiger partial charge < -0.3 is 10.1 Å². The van der Waals surface area contributed by atoms with Crippen molar-refractivity contribution in [1.82, 2.24) is 5.32 Å².